The van der Waals surface area contributed by atoms with Crippen molar-refractivity contribution in [2.45, 2.75) is 45.1 Å². The molecule has 1 atom stereocenters. The molecular formula is C23H25NO4. The highest BCUT2D eigenvalue weighted by Gasteiger charge is 2.21. The smallest absolute Gasteiger partial charge is 0.336 e. The molecule has 146 valence electrons. The number of aliphatic carboxylic acids is 1. The molecular weight excluding hydrogens is 354 g/mol. The summed E-state index contributed by atoms with van der Waals surface area (Å²) in [5.41, 5.74) is 2.55. The van der Waals surface area contributed by atoms with Crippen molar-refractivity contribution in [2.24, 2.45) is 0 Å². The second-order valence-corrected chi connectivity index (χ2v) is 7.05. The average Bonchev–Trinajstić information content (AvgIpc) is 3.10. The summed E-state index contributed by atoms with van der Waals surface area (Å²) in [5.74, 6) is -1.79. The Labute approximate surface area is 164 Å². The molecule has 2 N–H and O–H groups in total. The van der Waals surface area contributed by atoms with Crippen LogP contribution in [-0.2, 0) is 4.79 Å². The van der Waals surface area contributed by atoms with E-state index in [-0.39, 0.29) is 5.56 Å². The maximum Gasteiger partial charge on any atom is 0.336 e. The Morgan fingerprint density at radius 2 is 1.79 bits per heavy atom. The zero-order valence-corrected chi connectivity index (χ0v) is 16.0. The van der Waals surface area contributed by atoms with Crippen LogP contribution in [0.2, 0.25) is 0 Å². The molecule has 0 saturated carbocycles. The van der Waals surface area contributed by atoms with Crippen LogP contribution in [0, 0.1) is 0 Å². The largest absolute Gasteiger partial charge is 0.480 e. The monoisotopic (exact) mass is 379 g/mol. The van der Waals surface area contributed by atoms with Crippen LogP contribution in [0.5, 0.6) is 0 Å². The number of benzene rings is 2. The second kappa shape index (κ2) is 8.74. The molecule has 1 heterocycles. The second-order valence-electron chi connectivity index (χ2n) is 7.05. The normalized spacial score (nSPS) is 12.2. The Morgan fingerprint density at radius 1 is 1.00 bits per heavy atom. The van der Waals surface area contributed by atoms with Crippen molar-refractivity contribution < 1.29 is 19.8 Å². The van der Waals surface area contributed by atoms with E-state index in [1.54, 1.807) is 18.2 Å². The van der Waals surface area contributed by atoms with Crippen LogP contribution >= 0.6 is 0 Å². The fraction of sp³-hybridized carbons (Fsp3) is 0.304. The maximum absolute atomic E-state index is 11.8. The number of nitrogens with zero attached hydrogens (tertiary/aromatic N) is 1. The molecule has 28 heavy (non-hydrogen) atoms. The molecule has 0 amide bonds. The van der Waals surface area contributed by atoms with Gasteiger partial charge in [-0.25, -0.2) is 9.59 Å². The predicted octanol–water partition coefficient (Wildman–Crippen LogP) is 5.60. The molecule has 5 nitrogen and oxygen atoms in total. The van der Waals surface area contributed by atoms with Crippen molar-refractivity contribution in [1.29, 1.82) is 0 Å². The van der Waals surface area contributed by atoms with E-state index in [9.17, 15) is 19.8 Å². The summed E-state index contributed by atoms with van der Waals surface area (Å²) in [7, 11) is 0. The standard InChI is InChI=1S/C23H25NO4/c1-2-3-4-5-10-21(23(27)28)24-14-13-17-15-16(11-12-20(17)24)18-8-6-7-9-19(18)22(25)26/h6-9,11-15,21H,2-5,10H2,1H3,(H,25,26)(H,27,28). The highest BCUT2D eigenvalue weighted by atomic mass is 16.4. The third kappa shape index (κ3) is 4.09. The lowest BCUT2D eigenvalue weighted by Crippen LogP contribution is -2.18. The average molecular weight is 379 g/mol. The summed E-state index contributed by atoms with van der Waals surface area (Å²) in [5, 5.41) is 20.0. The molecule has 0 spiro atoms. The number of carbonyl (C=O) groups is 2. The Balaban J connectivity index is 1.94. The highest BCUT2D eigenvalue weighted by Crippen LogP contribution is 2.30. The van der Waals surface area contributed by atoms with Crippen LogP contribution in [0.15, 0.2) is 54.7 Å². The third-order valence-corrected chi connectivity index (χ3v) is 5.14. The van der Waals surface area contributed by atoms with E-state index in [1.165, 1.54) is 0 Å². The van der Waals surface area contributed by atoms with E-state index >= 15 is 0 Å². The minimum atomic E-state index is -0.966. The fourth-order valence-electron chi connectivity index (χ4n) is 3.67. The first-order valence-electron chi connectivity index (χ1n) is 9.69. The van der Waals surface area contributed by atoms with Gasteiger partial charge in [0.2, 0.25) is 0 Å². The molecule has 2 aromatic carbocycles. The van der Waals surface area contributed by atoms with E-state index in [0.717, 1.165) is 42.1 Å². The number of aromatic nitrogens is 1. The highest BCUT2D eigenvalue weighted by molar-refractivity contribution is 5.97. The van der Waals surface area contributed by atoms with Gasteiger partial charge in [0.25, 0.3) is 0 Å². The van der Waals surface area contributed by atoms with E-state index < -0.39 is 18.0 Å². The third-order valence-electron chi connectivity index (χ3n) is 5.14. The lowest BCUT2D eigenvalue weighted by atomic mass is 9.98. The van der Waals surface area contributed by atoms with E-state index in [0.29, 0.717) is 12.0 Å². The fourth-order valence-corrected chi connectivity index (χ4v) is 3.67. The van der Waals surface area contributed by atoms with Crippen LogP contribution in [0.4, 0.5) is 0 Å². The number of carboxylic acids is 2. The van der Waals surface area contributed by atoms with Crippen molar-refractivity contribution in [3.63, 3.8) is 0 Å². The van der Waals surface area contributed by atoms with Crippen molar-refractivity contribution in [2.75, 3.05) is 0 Å². The topological polar surface area (TPSA) is 79.5 Å². The number of unbranched alkanes of at least 4 members (excludes halogenated alkanes) is 3. The summed E-state index contributed by atoms with van der Waals surface area (Å²) < 4.78 is 1.82. The molecule has 0 bridgehead atoms. The molecule has 0 aliphatic heterocycles. The molecule has 1 aromatic heterocycles. The van der Waals surface area contributed by atoms with Crippen LogP contribution in [-0.4, -0.2) is 26.7 Å². The number of rotatable bonds is 9. The minimum Gasteiger partial charge on any atom is -0.480 e. The zero-order valence-electron chi connectivity index (χ0n) is 16.0. The molecule has 0 saturated heterocycles. The van der Waals surface area contributed by atoms with Gasteiger partial charge >= 0.3 is 11.9 Å². The summed E-state index contributed by atoms with van der Waals surface area (Å²) in [6.45, 7) is 2.13. The van der Waals surface area contributed by atoms with Crippen molar-refractivity contribution in [3.05, 3.63) is 60.3 Å². The molecule has 0 aliphatic carbocycles. The number of hydrogen-bond donors (Lipinski definition) is 2. The Kier molecular flexibility index (Phi) is 6.14. The van der Waals surface area contributed by atoms with Gasteiger partial charge in [-0.2, -0.15) is 0 Å². The molecule has 0 aliphatic rings. The molecule has 0 fully saturated rings. The molecule has 3 rings (SSSR count). The molecule has 3 aromatic rings. The Morgan fingerprint density at radius 3 is 2.50 bits per heavy atom. The van der Waals surface area contributed by atoms with Crippen molar-refractivity contribution in [1.82, 2.24) is 4.57 Å². The van der Waals surface area contributed by atoms with Crippen LogP contribution in [0.3, 0.4) is 0 Å². The van der Waals surface area contributed by atoms with E-state index in [4.69, 9.17) is 0 Å². The summed E-state index contributed by atoms with van der Waals surface area (Å²) in [4.78, 5) is 23.3. The molecule has 0 radical (unpaired) electrons. The number of carboxylic acid groups (broad SMARTS) is 2. The first-order valence-corrected chi connectivity index (χ1v) is 9.69. The van der Waals surface area contributed by atoms with E-state index in [2.05, 4.69) is 6.92 Å². The predicted molar refractivity (Wildman–Crippen MR) is 110 cm³/mol. The van der Waals surface area contributed by atoms with Crippen molar-refractivity contribution in [3.8, 4) is 11.1 Å². The summed E-state index contributed by atoms with van der Waals surface area (Å²) in [6, 6.07) is 13.9. The minimum absolute atomic E-state index is 0.251. The van der Waals surface area contributed by atoms with Gasteiger partial charge in [-0.1, -0.05) is 56.9 Å². The zero-order chi connectivity index (χ0) is 20.1. The van der Waals surface area contributed by atoms with Gasteiger partial charge in [-0.15, -0.1) is 0 Å². The first kappa shape index (κ1) is 19.7. The molecule has 1 unspecified atom stereocenters. The summed E-state index contributed by atoms with van der Waals surface area (Å²) >= 11 is 0. The van der Waals surface area contributed by atoms with E-state index in [1.807, 2.05) is 41.1 Å². The van der Waals surface area contributed by atoms with Crippen molar-refractivity contribution >= 4 is 22.8 Å². The first-order chi connectivity index (χ1) is 13.5. The lowest BCUT2D eigenvalue weighted by Gasteiger charge is -2.16. The van der Waals surface area contributed by atoms with Crippen LogP contribution in [0.25, 0.3) is 22.0 Å². The number of fused-ring (bicyclic) bond motifs is 1. The number of hydrogen-bond acceptors (Lipinski definition) is 2. The molecule has 5 heteroatoms. The van der Waals surface area contributed by atoms with Gasteiger partial charge in [-0.3, -0.25) is 0 Å². The van der Waals surface area contributed by atoms with Crippen LogP contribution in [0.1, 0.15) is 55.4 Å². The lowest BCUT2D eigenvalue weighted by molar-refractivity contribution is -0.141. The van der Waals surface area contributed by atoms with Gasteiger partial charge in [0.15, 0.2) is 0 Å². The number of aromatic carboxylic acids is 1. The van der Waals surface area contributed by atoms with Gasteiger partial charge in [0.1, 0.15) is 6.04 Å². The van der Waals surface area contributed by atoms with Gasteiger partial charge in [0, 0.05) is 17.1 Å². The van der Waals surface area contributed by atoms with Gasteiger partial charge < -0.3 is 14.8 Å². The Hall–Kier alpha value is -3.08. The summed E-state index contributed by atoms with van der Waals surface area (Å²) in [6.07, 6.45) is 6.57. The van der Waals surface area contributed by atoms with Gasteiger partial charge in [0.05, 0.1) is 5.56 Å². The van der Waals surface area contributed by atoms with Crippen LogP contribution < -0.4 is 0 Å². The van der Waals surface area contributed by atoms with Gasteiger partial charge in [-0.05, 0) is 41.8 Å². The maximum atomic E-state index is 11.8. The Bertz CT molecular complexity index is 989. The quantitative estimate of drug-likeness (QED) is 0.474. The SMILES string of the molecule is CCCCCCC(C(=O)O)n1ccc2cc(-c3ccccc3C(=O)O)ccc21.